The van der Waals surface area contributed by atoms with Crippen LogP contribution in [0.2, 0.25) is 0 Å². The second-order valence-electron chi connectivity index (χ2n) is 3.49. The molecule has 0 bridgehead atoms. The molecule has 96 valence electrons. The number of hydrogen-bond acceptors (Lipinski definition) is 5. The number of ether oxygens (including phenoxy) is 1. The highest BCUT2D eigenvalue weighted by Gasteiger charge is 2.09. The number of primary amides is 1. The van der Waals surface area contributed by atoms with E-state index in [0.29, 0.717) is 11.3 Å². The van der Waals surface area contributed by atoms with Gasteiger partial charge in [0.1, 0.15) is 0 Å². The van der Waals surface area contributed by atoms with Gasteiger partial charge in [-0.05, 0) is 17.7 Å². The van der Waals surface area contributed by atoms with Crippen molar-refractivity contribution in [3.05, 3.63) is 29.8 Å². The fourth-order valence-electron chi connectivity index (χ4n) is 1.17. The third-order valence-corrected chi connectivity index (χ3v) is 1.96. The molecule has 1 aromatic rings. The van der Waals surface area contributed by atoms with Gasteiger partial charge in [-0.1, -0.05) is 12.1 Å². The Morgan fingerprint density at radius 1 is 1.17 bits per heavy atom. The maximum Gasteiger partial charge on any atom is 0.318 e. The van der Waals surface area contributed by atoms with Crippen molar-refractivity contribution in [2.75, 3.05) is 12.3 Å². The molecule has 0 atom stereocenters. The van der Waals surface area contributed by atoms with E-state index >= 15 is 0 Å². The quantitative estimate of drug-likeness (QED) is 0.493. The molecule has 18 heavy (non-hydrogen) atoms. The van der Waals surface area contributed by atoms with Crippen LogP contribution in [0.3, 0.4) is 0 Å². The summed E-state index contributed by atoms with van der Waals surface area (Å²) in [6, 6.07) is 5.68. The zero-order valence-electron chi connectivity index (χ0n) is 9.51. The van der Waals surface area contributed by atoms with Gasteiger partial charge in [-0.15, -0.1) is 0 Å². The number of anilines is 1. The lowest BCUT2D eigenvalue weighted by Gasteiger charge is -2.04. The summed E-state index contributed by atoms with van der Waals surface area (Å²) in [5, 5.41) is 1.78. The SMILES string of the molecule is NC(=O)NC(=O)COC(=O)Cc1ccc(N)cc1. The van der Waals surface area contributed by atoms with Crippen LogP contribution in [0.1, 0.15) is 5.56 Å². The number of nitrogens with one attached hydrogen (secondary N) is 1. The van der Waals surface area contributed by atoms with E-state index < -0.39 is 24.5 Å². The lowest BCUT2D eigenvalue weighted by atomic mass is 10.1. The average Bonchev–Trinajstić information content (AvgIpc) is 2.29. The Bertz CT molecular complexity index is 456. The summed E-state index contributed by atoms with van der Waals surface area (Å²) in [5.74, 6) is -1.35. The molecule has 5 N–H and O–H groups in total. The van der Waals surface area contributed by atoms with E-state index in [4.69, 9.17) is 11.5 Å². The van der Waals surface area contributed by atoms with E-state index in [2.05, 4.69) is 4.74 Å². The summed E-state index contributed by atoms with van der Waals surface area (Å²) in [7, 11) is 0. The average molecular weight is 251 g/mol. The lowest BCUT2D eigenvalue weighted by molar-refractivity contribution is -0.147. The van der Waals surface area contributed by atoms with Crippen LogP contribution in [0.15, 0.2) is 24.3 Å². The number of hydrogen-bond donors (Lipinski definition) is 3. The first-order valence-corrected chi connectivity index (χ1v) is 5.06. The second kappa shape index (κ2) is 6.24. The normalized spacial score (nSPS) is 9.56. The van der Waals surface area contributed by atoms with Crippen molar-refractivity contribution in [2.45, 2.75) is 6.42 Å². The van der Waals surface area contributed by atoms with Crippen LogP contribution in [0, 0.1) is 0 Å². The lowest BCUT2D eigenvalue weighted by Crippen LogP contribution is -2.37. The summed E-state index contributed by atoms with van der Waals surface area (Å²) < 4.78 is 4.65. The number of nitrogen functional groups attached to an aromatic ring is 1. The molecule has 7 heteroatoms. The Balaban J connectivity index is 2.36. The van der Waals surface area contributed by atoms with Gasteiger partial charge < -0.3 is 16.2 Å². The summed E-state index contributed by atoms with van der Waals surface area (Å²) >= 11 is 0. The van der Waals surface area contributed by atoms with E-state index in [1.165, 1.54) is 0 Å². The second-order valence-corrected chi connectivity index (χ2v) is 3.49. The molecule has 0 aliphatic heterocycles. The van der Waals surface area contributed by atoms with Crippen LogP contribution in [-0.4, -0.2) is 24.5 Å². The molecule has 0 unspecified atom stereocenters. The van der Waals surface area contributed by atoms with Crippen LogP contribution in [-0.2, 0) is 20.7 Å². The molecule has 3 amide bonds. The zero-order valence-corrected chi connectivity index (χ0v) is 9.51. The molecule has 0 aliphatic rings. The summed E-state index contributed by atoms with van der Waals surface area (Å²) in [6.45, 7) is -0.545. The van der Waals surface area contributed by atoms with Crippen LogP contribution in [0.5, 0.6) is 0 Å². The zero-order chi connectivity index (χ0) is 13.5. The van der Waals surface area contributed by atoms with E-state index in [9.17, 15) is 14.4 Å². The van der Waals surface area contributed by atoms with Gasteiger partial charge >= 0.3 is 12.0 Å². The van der Waals surface area contributed by atoms with Crippen LogP contribution < -0.4 is 16.8 Å². The molecule has 1 rings (SSSR count). The fourth-order valence-corrected chi connectivity index (χ4v) is 1.17. The van der Waals surface area contributed by atoms with Crippen molar-refractivity contribution in [1.82, 2.24) is 5.32 Å². The topological polar surface area (TPSA) is 125 Å². The Kier molecular flexibility index (Phi) is 4.67. The van der Waals surface area contributed by atoms with Crippen LogP contribution in [0.4, 0.5) is 10.5 Å². The van der Waals surface area contributed by atoms with Crippen molar-refractivity contribution in [3.63, 3.8) is 0 Å². The highest BCUT2D eigenvalue weighted by atomic mass is 16.5. The maximum absolute atomic E-state index is 11.3. The van der Waals surface area contributed by atoms with Gasteiger partial charge in [0, 0.05) is 5.69 Å². The summed E-state index contributed by atoms with van der Waals surface area (Å²) in [5.41, 5.74) is 11.5. The van der Waals surface area contributed by atoms with Crippen molar-refractivity contribution < 1.29 is 19.1 Å². The molecule has 0 fully saturated rings. The predicted molar refractivity (Wildman–Crippen MR) is 63.2 cm³/mol. The van der Waals surface area contributed by atoms with Crippen molar-refractivity contribution in [1.29, 1.82) is 0 Å². The number of carbonyl (C=O) groups excluding carboxylic acids is 3. The first kappa shape index (κ1) is 13.5. The fraction of sp³-hybridized carbons (Fsp3) is 0.182. The number of nitrogens with two attached hydrogens (primary N) is 2. The summed E-state index contributed by atoms with van der Waals surface area (Å²) in [6.07, 6.45) is 0.0180. The predicted octanol–water partition coefficient (Wildman–Crippen LogP) is -0.451. The van der Waals surface area contributed by atoms with Crippen molar-refractivity contribution in [3.8, 4) is 0 Å². The van der Waals surface area contributed by atoms with E-state index in [1.807, 2.05) is 0 Å². The van der Waals surface area contributed by atoms with Crippen LogP contribution >= 0.6 is 0 Å². The smallest absolute Gasteiger partial charge is 0.318 e. The molecule has 0 spiro atoms. The third-order valence-electron chi connectivity index (χ3n) is 1.96. The van der Waals surface area contributed by atoms with Gasteiger partial charge in [0.15, 0.2) is 6.61 Å². The molecular formula is C11H13N3O4. The van der Waals surface area contributed by atoms with Crippen molar-refractivity contribution in [2.24, 2.45) is 5.73 Å². The minimum absolute atomic E-state index is 0.0180. The van der Waals surface area contributed by atoms with Gasteiger partial charge in [0.25, 0.3) is 5.91 Å². The minimum atomic E-state index is -0.991. The molecule has 1 aromatic carbocycles. The van der Waals surface area contributed by atoms with Crippen molar-refractivity contribution >= 4 is 23.6 Å². The van der Waals surface area contributed by atoms with Gasteiger partial charge in [0.05, 0.1) is 6.42 Å². The first-order valence-electron chi connectivity index (χ1n) is 5.06. The standard InChI is InChI=1S/C11H13N3O4/c12-8-3-1-7(2-4-8)5-10(16)18-6-9(15)14-11(13)17/h1-4H,5-6,12H2,(H3,13,14,15,17). The number of urea groups is 1. The number of imide groups is 1. The van der Waals surface area contributed by atoms with Gasteiger partial charge in [-0.25, -0.2) is 4.79 Å². The Morgan fingerprint density at radius 2 is 1.78 bits per heavy atom. The minimum Gasteiger partial charge on any atom is -0.455 e. The summed E-state index contributed by atoms with van der Waals surface area (Å²) in [4.78, 5) is 32.6. The Hall–Kier alpha value is -2.57. The molecule has 0 aromatic heterocycles. The number of amides is 3. The number of esters is 1. The molecular weight excluding hydrogens is 238 g/mol. The number of carbonyl (C=O) groups is 3. The molecule has 0 aliphatic carbocycles. The van der Waals surface area contributed by atoms with E-state index in [1.54, 1.807) is 29.6 Å². The number of benzene rings is 1. The monoisotopic (exact) mass is 251 g/mol. The van der Waals surface area contributed by atoms with Gasteiger partial charge in [-0.3, -0.25) is 14.9 Å². The maximum atomic E-state index is 11.3. The van der Waals surface area contributed by atoms with E-state index in [0.717, 1.165) is 0 Å². The molecule has 0 heterocycles. The highest BCUT2D eigenvalue weighted by molar-refractivity contribution is 5.94. The molecule has 0 radical (unpaired) electrons. The molecule has 0 saturated heterocycles. The highest BCUT2D eigenvalue weighted by Crippen LogP contribution is 2.06. The third kappa shape index (κ3) is 4.97. The number of rotatable bonds is 4. The first-order chi connectivity index (χ1) is 8.47. The Labute approximate surface area is 103 Å². The van der Waals surface area contributed by atoms with Gasteiger partial charge in [0.2, 0.25) is 0 Å². The van der Waals surface area contributed by atoms with Crippen LogP contribution in [0.25, 0.3) is 0 Å². The molecule has 7 nitrogen and oxygen atoms in total. The van der Waals surface area contributed by atoms with Gasteiger partial charge in [-0.2, -0.15) is 0 Å². The largest absolute Gasteiger partial charge is 0.455 e. The van der Waals surface area contributed by atoms with E-state index in [-0.39, 0.29) is 6.42 Å². The Morgan fingerprint density at radius 3 is 2.33 bits per heavy atom. The molecule has 0 saturated carbocycles.